The number of amides is 1. The first-order chi connectivity index (χ1) is 8.25. The van der Waals surface area contributed by atoms with E-state index in [1.165, 1.54) is 26.0 Å². The second-order valence-electron chi connectivity index (χ2n) is 3.85. The van der Waals surface area contributed by atoms with Crippen molar-refractivity contribution < 1.29 is 18.1 Å². The van der Waals surface area contributed by atoms with Crippen LogP contribution >= 0.6 is 0 Å². The summed E-state index contributed by atoms with van der Waals surface area (Å²) in [5, 5.41) is 10.7. The lowest BCUT2D eigenvalue weighted by Gasteiger charge is -2.08. The van der Waals surface area contributed by atoms with Crippen LogP contribution in [0, 0.1) is 16.0 Å². The summed E-state index contributed by atoms with van der Waals surface area (Å²) < 4.78 is 25.5. The number of benzene rings is 1. The highest BCUT2D eigenvalue weighted by Gasteiger charge is 2.27. The molecule has 0 aliphatic carbocycles. The van der Waals surface area contributed by atoms with E-state index < -0.39 is 37.4 Å². The van der Waals surface area contributed by atoms with Crippen molar-refractivity contribution in [3.63, 3.8) is 0 Å². The number of hydrogen-bond acceptors (Lipinski definition) is 5. The van der Waals surface area contributed by atoms with Gasteiger partial charge in [-0.3, -0.25) is 14.9 Å². The van der Waals surface area contributed by atoms with Gasteiger partial charge in [-0.05, 0) is 6.07 Å². The summed E-state index contributed by atoms with van der Waals surface area (Å²) in [6, 6.07) is 4.84. The lowest BCUT2D eigenvalue weighted by Crippen LogP contribution is -2.34. The number of hydrogen-bond donors (Lipinski definition) is 1. The first kappa shape index (κ1) is 14.1. The van der Waals surface area contributed by atoms with Crippen LogP contribution in [0.5, 0.6) is 0 Å². The van der Waals surface area contributed by atoms with E-state index in [0.717, 1.165) is 12.1 Å². The molecule has 1 amide bonds. The molecule has 0 spiro atoms. The standard InChI is InChI=1S/C10H12N2O5S/c1-7(2)10(13)11-18(16,17)9-6-4-3-5-8(9)12(14)15/h3-7H,1-2H3,(H,11,13). The van der Waals surface area contributed by atoms with Crippen LogP contribution in [0.3, 0.4) is 0 Å². The van der Waals surface area contributed by atoms with Gasteiger partial charge in [0.05, 0.1) is 4.92 Å². The second-order valence-corrected chi connectivity index (χ2v) is 5.50. The number of nitrogens with one attached hydrogen (secondary N) is 1. The summed E-state index contributed by atoms with van der Waals surface area (Å²) in [5.74, 6) is -1.25. The van der Waals surface area contributed by atoms with Gasteiger partial charge in [-0.15, -0.1) is 0 Å². The molecule has 8 heteroatoms. The van der Waals surface area contributed by atoms with Crippen LogP contribution in [0.1, 0.15) is 13.8 Å². The fourth-order valence-electron chi connectivity index (χ4n) is 1.14. The highest BCUT2D eigenvalue weighted by atomic mass is 32.2. The number of carbonyl (C=O) groups excluding carboxylic acids is 1. The molecule has 1 aromatic carbocycles. The zero-order valence-electron chi connectivity index (χ0n) is 9.78. The summed E-state index contributed by atoms with van der Waals surface area (Å²) in [7, 11) is -4.22. The number of nitrogens with zero attached hydrogens (tertiary/aromatic N) is 1. The van der Waals surface area contributed by atoms with Crippen LogP contribution in [0.25, 0.3) is 0 Å². The van der Waals surface area contributed by atoms with E-state index in [1.807, 2.05) is 0 Å². The van der Waals surface area contributed by atoms with Crippen molar-refractivity contribution in [1.82, 2.24) is 4.72 Å². The molecule has 7 nitrogen and oxygen atoms in total. The van der Waals surface area contributed by atoms with Crippen molar-refractivity contribution in [2.24, 2.45) is 5.92 Å². The molecule has 1 rings (SSSR count). The minimum Gasteiger partial charge on any atom is -0.274 e. The van der Waals surface area contributed by atoms with Gasteiger partial charge in [-0.1, -0.05) is 26.0 Å². The van der Waals surface area contributed by atoms with Crippen molar-refractivity contribution in [2.45, 2.75) is 18.7 Å². The molecule has 0 atom stereocenters. The van der Waals surface area contributed by atoms with E-state index in [1.54, 1.807) is 4.72 Å². The molecule has 0 saturated heterocycles. The maximum atomic E-state index is 11.8. The third kappa shape index (κ3) is 3.04. The third-order valence-corrected chi connectivity index (χ3v) is 3.50. The van der Waals surface area contributed by atoms with Crippen LogP contribution in [-0.2, 0) is 14.8 Å². The van der Waals surface area contributed by atoms with Crippen LogP contribution in [0.4, 0.5) is 5.69 Å². The molecule has 0 saturated carbocycles. The van der Waals surface area contributed by atoms with E-state index in [0.29, 0.717) is 0 Å². The predicted molar refractivity (Wildman–Crippen MR) is 63.3 cm³/mol. The molecule has 1 aromatic rings. The Morgan fingerprint density at radius 2 is 1.89 bits per heavy atom. The van der Waals surface area contributed by atoms with E-state index in [9.17, 15) is 23.3 Å². The third-order valence-electron chi connectivity index (χ3n) is 2.11. The van der Waals surface area contributed by atoms with Crippen LogP contribution in [0.2, 0.25) is 0 Å². The number of carbonyl (C=O) groups is 1. The Morgan fingerprint density at radius 3 is 2.39 bits per heavy atom. The fourth-order valence-corrected chi connectivity index (χ4v) is 2.43. The number of sulfonamides is 1. The predicted octanol–water partition coefficient (Wildman–Crippen LogP) is 1.06. The number of nitro benzene ring substituents is 1. The molecule has 0 aliphatic heterocycles. The molecular weight excluding hydrogens is 260 g/mol. The lowest BCUT2D eigenvalue weighted by molar-refractivity contribution is -0.387. The van der Waals surface area contributed by atoms with E-state index >= 15 is 0 Å². The molecule has 0 unspecified atom stereocenters. The summed E-state index contributed by atoms with van der Waals surface area (Å²) in [6.45, 7) is 3.04. The summed E-state index contributed by atoms with van der Waals surface area (Å²) >= 11 is 0. The zero-order valence-corrected chi connectivity index (χ0v) is 10.6. The van der Waals surface area contributed by atoms with Crippen molar-refractivity contribution >= 4 is 21.6 Å². The summed E-state index contributed by atoms with van der Waals surface area (Å²) in [6.07, 6.45) is 0. The van der Waals surface area contributed by atoms with Gasteiger partial charge >= 0.3 is 0 Å². The zero-order chi connectivity index (χ0) is 13.9. The highest BCUT2D eigenvalue weighted by molar-refractivity contribution is 7.90. The van der Waals surface area contributed by atoms with Gasteiger partial charge in [0.1, 0.15) is 0 Å². The Morgan fingerprint density at radius 1 is 1.33 bits per heavy atom. The Hall–Kier alpha value is -1.96. The molecule has 0 heterocycles. The number of para-hydroxylation sites is 1. The van der Waals surface area contributed by atoms with Crippen molar-refractivity contribution in [1.29, 1.82) is 0 Å². The van der Waals surface area contributed by atoms with Crippen LogP contribution in [0.15, 0.2) is 29.2 Å². The molecule has 0 aromatic heterocycles. The second kappa shape index (κ2) is 5.13. The molecule has 0 aliphatic rings. The molecule has 0 fully saturated rings. The first-order valence-electron chi connectivity index (χ1n) is 5.06. The summed E-state index contributed by atoms with van der Waals surface area (Å²) in [5.41, 5.74) is -0.568. The van der Waals surface area contributed by atoms with Gasteiger partial charge in [-0.25, -0.2) is 13.1 Å². The van der Waals surface area contributed by atoms with Gasteiger partial charge in [-0.2, -0.15) is 0 Å². The Bertz CT molecular complexity index is 580. The smallest absolute Gasteiger partial charge is 0.274 e. The molecule has 18 heavy (non-hydrogen) atoms. The largest absolute Gasteiger partial charge is 0.289 e. The topological polar surface area (TPSA) is 106 Å². The van der Waals surface area contributed by atoms with Gasteiger partial charge in [0.2, 0.25) is 5.91 Å². The molecular formula is C10H12N2O5S. The van der Waals surface area contributed by atoms with Crippen molar-refractivity contribution in [3.05, 3.63) is 34.4 Å². The number of rotatable bonds is 4. The van der Waals surface area contributed by atoms with E-state index in [4.69, 9.17) is 0 Å². The fraction of sp³-hybridized carbons (Fsp3) is 0.300. The Balaban J connectivity index is 3.21. The average Bonchev–Trinajstić information content (AvgIpc) is 2.28. The lowest BCUT2D eigenvalue weighted by atomic mass is 10.2. The SMILES string of the molecule is CC(C)C(=O)NS(=O)(=O)c1ccccc1[N+](=O)[O-]. The van der Waals surface area contributed by atoms with Gasteiger partial charge < -0.3 is 0 Å². The minimum absolute atomic E-state index is 0.524. The van der Waals surface area contributed by atoms with Crippen LogP contribution in [-0.4, -0.2) is 19.2 Å². The van der Waals surface area contributed by atoms with Crippen molar-refractivity contribution in [2.75, 3.05) is 0 Å². The maximum absolute atomic E-state index is 11.8. The summed E-state index contributed by atoms with van der Waals surface area (Å²) in [4.78, 5) is 20.7. The minimum atomic E-state index is -4.22. The van der Waals surface area contributed by atoms with Crippen LogP contribution < -0.4 is 4.72 Å². The quantitative estimate of drug-likeness (QED) is 0.651. The molecule has 0 bridgehead atoms. The molecule has 1 N–H and O–H groups in total. The van der Waals surface area contributed by atoms with Gasteiger partial charge in [0, 0.05) is 12.0 Å². The van der Waals surface area contributed by atoms with Gasteiger partial charge in [0.15, 0.2) is 4.90 Å². The van der Waals surface area contributed by atoms with E-state index in [-0.39, 0.29) is 0 Å². The molecule has 0 radical (unpaired) electrons. The van der Waals surface area contributed by atoms with Gasteiger partial charge in [0.25, 0.3) is 15.7 Å². The Labute approximate surface area is 104 Å². The average molecular weight is 272 g/mol. The van der Waals surface area contributed by atoms with Crippen molar-refractivity contribution in [3.8, 4) is 0 Å². The Kier molecular flexibility index (Phi) is 4.02. The first-order valence-corrected chi connectivity index (χ1v) is 6.54. The number of nitro groups is 1. The van der Waals surface area contributed by atoms with E-state index in [2.05, 4.69) is 0 Å². The monoisotopic (exact) mass is 272 g/mol. The highest BCUT2D eigenvalue weighted by Crippen LogP contribution is 2.22. The molecule has 98 valence electrons. The maximum Gasteiger partial charge on any atom is 0.289 e. The normalized spacial score (nSPS) is 11.3.